The summed E-state index contributed by atoms with van der Waals surface area (Å²) in [5.41, 5.74) is 0.996. The SMILES string of the molecule is COc1cc(NCCC(C)O)ccc1Br. The van der Waals surface area contributed by atoms with Crippen molar-refractivity contribution < 1.29 is 9.84 Å². The van der Waals surface area contributed by atoms with Crippen LogP contribution in [0.2, 0.25) is 0 Å². The summed E-state index contributed by atoms with van der Waals surface area (Å²) in [7, 11) is 1.64. The summed E-state index contributed by atoms with van der Waals surface area (Å²) in [6.45, 7) is 2.53. The molecular formula is C11H16BrNO2. The third-order valence-electron chi connectivity index (χ3n) is 2.04. The molecule has 0 fully saturated rings. The zero-order valence-corrected chi connectivity index (χ0v) is 10.5. The third-order valence-corrected chi connectivity index (χ3v) is 2.70. The van der Waals surface area contributed by atoms with Gasteiger partial charge in [0.05, 0.1) is 17.7 Å². The first kappa shape index (κ1) is 12.3. The molecule has 4 heteroatoms. The standard InChI is InChI=1S/C11H16BrNO2/c1-8(14)5-6-13-9-3-4-10(12)11(7-9)15-2/h3-4,7-8,13-14H,5-6H2,1-2H3. The number of nitrogens with one attached hydrogen (secondary N) is 1. The van der Waals surface area contributed by atoms with Gasteiger partial charge in [-0.3, -0.25) is 0 Å². The number of hydrogen-bond acceptors (Lipinski definition) is 3. The Morgan fingerprint density at radius 1 is 1.53 bits per heavy atom. The zero-order valence-electron chi connectivity index (χ0n) is 8.96. The van der Waals surface area contributed by atoms with Gasteiger partial charge >= 0.3 is 0 Å². The third kappa shape index (κ3) is 4.10. The molecule has 0 aliphatic carbocycles. The van der Waals surface area contributed by atoms with Crippen molar-refractivity contribution in [2.24, 2.45) is 0 Å². The van der Waals surface area contributed by atoms with Crippen LogP contribution in [0.1, 0.15) is 13.3 Å². The Balaban J connectivity index is 2.54. The van der Waals surface area contributed by atoms with Gasteiger partial charge in [-0.1, -0.05) is 0 Å². The van der Waals surface area contributed by atoms with Crippen molar-refractivity contribution in [1.82, 2.24) is 0 Å². The molecule has 1 unspecified atom stereocenters. The highest BCUT2D eigenvalue weighted by molar-refractivity contribution is 9.10. The molecule has 0 radical (unpaired) electrons. The van der Waals surface area contributed by atoms with Gasteiger partial charge in [-0.05, 0) is 41.4 Å². The highest BCUT2D eigenvalue weighted by Gasteiger charge is 2.01. The van der Waals surface area contributed by atoms with Gasteiger partial charge in [0.25, 0.3) is 0 Å². The summed E-state index contributed by atoms with van der Waals surface area (Å²) in [5.74, 6) is 0.803. The second-order valence-electron chi connectivity index (χ2n) is 3.41. The monoisotopic (exact) mass is 273 g/mol. The average molecular weight is 274 g/mol. The molecule has 2 N–H and O–H groups in total. The molecule has 84 valence electrons. The quantitative estimate of drug-likeness (QED) is 0.867. The number of aliphatic hydroxyl groups is 1. The van der Waals surface area contributed by atoms with Crippen molar-refractivity contribution in [3.63, 3.8) is 0 Å². The fourth-order valence-corrected chi connectivity index (χ4v) is 1.60. The molecule has 0 bridgehead atoms. The van der Waals surface area contributed by atoms with E-state index in [1.807, 2.05) is 18.2 Å². The van der Waals surface area contributed by atoms with Crippen molar-refractivity contribution >= 4 is 21.6 Å². The first-order valence-electron chi connectivity index (χ1n) is 4.89. The number of hydrogen-bond donors (Lipinski definition) is 2. The van der Waals surface area contributed by atoms with Gasteiger partial charge in [0.15, 0.2) is 0 Å². The lowest BCUT2D eigenvalue weighted by molar-refractivity contribution is 0.189. The summed E-state index contributed by atoms with van der Waals surface area (Å²) < 4.78 is 6.11. The number of methoxy groups -OCH3 is 1. The fourth-order valence-electron chi connectivity index (χ4n) is 1.20. The molecule has 0 spiro atoms. The molecule has 0 saturated heterocycles. The lowest BCUT2D eigenvalue weighted by atomic mass is 10.2. The molecule has 0 saturated carbocycles. The number of anilines is 1. The largest absolute Gasteiger partial charge is 0.495 e. The van der Waals surface area contributed by atoms with Crippen LogP contribution in [0.15, 0.2) is 22.7 Å². The lowest BCUT2D eigenvalue weighted by Crippen LogP contribution is -2.09. The Bertz CT molecular complexity index is 315. The second-order valence-corrected chi connectivity index (χ2v) is 4.27. The molecule has 1 aromatic rings. The van der Waals surface area contributed by atoms with Crippen LogP contribution in [-0.4, -0.2) is 24.9 Å². The van der Waals surface area contributed by atoms with E-state index in [1.54, 1.807) is 14.0 Å². The van der Waals surface area contributed by atoms with Crippen LogP contribution in [0.4, 0.5) is 5.69 Å². The van der Waals surface area contributed by atoms with Crippen LogP contribution in [-0.2, 0) is 0 Å². The molecule has 3 nitrogen and oxygen atoms in total. The van der Waals surface area contributed by atoms with Gasteiger partial charge < -0.3 is 15.2 Å². The van der Waals surface area contributed by atoms with E-state index in [9.17, 15) is 0 Å². The van der Waals surface area contributed by atoms with E-state index in [0.717, 1.165) is 28.9 Å². The lowest BCUT2D eigenvalue weighted by Gasteiger charge is -2.10. The van der Waals surface area contributed by atoms with Crippen molar-refractivity contribution in [2.45, 2.75) is 19.4 Å². The Morgan fingerprint density at radius 2 is 2.27 bits per heavy atom. The Hall–Kier alpha value is -0.740. The van der Waals surface area contributed by atoms with Gasteiger partial charge in [-0.25, -0.2) is 0 Å². The van der Waals surface area contributed by atoms with E-state index in [4.69, 9.17) is 9.84 Å². The van der Waals surface area contributed by atoms with Crippen LogP contribution >= 0.6 is 15.9 Å². The number of aliphatic hydroxyl groups excluding tert-OH is 1. The van der Waals surface area contributed by atoms with Gasteiger partial charge in [0.1, 0.15) is 5.75 Å². The summed E-state index contributed by atoms with van der Waals surface area (Å²) >= 11 is 3.39. The van der Waals surface area contributed by atoms with Gasteiger partial charge in [-0.15, -0.1) is 0 Å². The molecule has 0 amide bonds. The number of halogens is 1. The van der Waals surface area contributed by atoms with Crippen LogP contribution in [0.3, 0.4) is 0 Å². The molecule has 1 rings (SSSR count). The molecule has 0 aliphatic rings. The minimum atomic E-state index is -0.269. The average Bonchev–Trinajstić information content (AvgIpc) is 2.20. The number of benzene rings is 1. The molecule has 15 heavy (non-hydrogen) atoms. The fraction of sp³-hybridized carbons (Fsp3) is 0.455. The second kappa shape index (κ2) is 5.98. The highest BCUT2D eigenvalue weighted by Crippen LogP contribution is 2.27. The Morgan fingerprint density at radius 3 is 2.87 bits per heavy atom. The minimum Gasteiger partial charge on any atom is -0.495 e. The van der Waals surface area contributed by atoms with E-state index >= 15 is 0 Å². The maximum absolute atomic E-state index is 9.10. The smallest absolute Gasteiger partial charge is 0.135 e. The van der Waals surface area contributed by atoms with Crippen LogP contribution in [0.25, 0.3) is 0 Å². The van der Waals surface area contributed by atoms with E-state index in [1.165, 1.54) is 0 Å². The zero-order chi connectivity index (χ0) is 11.3. The normalized spacial score (nSPS) is 12.3. The number of rotatable bonds is 5. The Kier molecular flexibility index (Phi) is 4.91. The van der Waals surface area contributed by atoms with Crippen LogP contribution in [0.5, 0.6) is 5.75 Å². The van der Waals surface area contributed by atoms with E-state index in [0.29, 0.717) is 0 Å². The predicted octanol–water partition coefficient (Wildman–Crippen LogP) is 2.64. The maximum Gasteiger partial charge on any atom is 0.135 e. The predicted molar refractivity (Wildman–Crippen MR) is 65.5 cm³/mol. The first-order chi connectivity index (χ1) is 7.13. The molecule has 0 heterocycles. The van der Waals surface area contributed by atoms with Crippen molar-refractivity contribution in [3.05, 3.63) is 22.7 Å². The minimum absolute atomic E-state index is 0.269. The maximum atomic E-state index is 9.10. The molecule has 0 aliphatic heterocycles. The van der Waals surface area contributed by atoms with Crippen molar-refractivity contribution in [2.75, 3.05) is 19.0 Å². The summed E-state index contributed by atoms with van der Waals surface area (Å²) in [5, 5.41) is 12.3. The van der Waals surface area contributed by atoms with E-state index in [-0.39, 0.29) is 6.10 Å². The van der Waals surface area contributed by atoms with Gasteiger partial charge in [-0.2, -0.15) is 0 Å². The van der Waals surface area contributed by atoms with Crippen molar-refractivity contribution in [3.8, 4) is 5.75 Å². The molecule has 0 aromatic heterocycles. The molecule has 1 aromatic carbocycles. The molecule has 1 atom stereocenters. The van der Waals surface area contributed by atoms with E-state index < -0.39 is 0 Å². The summed E-state index contributed by atoms with van der Waals surface area (Å²) in [6, 6.07) is 5.82. The molecular weight excluding hydrogens is 258 g/mol. The highest BCUT2D eigenvalue weighted by atomic mass is 79.9. The van der Waals surface area contributed by atoms with Gasteiger partial charge in [0.2, 0.25) is 0 Å². The summed E-state index contributed by atoms with van der Waals surface area (Å²) in [6.07, 6.45) is 0.466. The summed E-state index contributed by atoms with van der Waals surface area (Å²) in [4.78, 5) is 0. The van der Waals surface area contributed by atoms with Crippen LogP contribution < -0.4 is 10.1 Å². The van der Waals surface area contributed by atoms with Crippen molar-refractivity contribution in [1.29, 1.82) is 0 Å². The first-order valence-corrected chi connectivity index (χ1v) is 5.68. The Labute approximate surface area is 98.6 Å². The van der Waals surface area contributed by atoms with E-state index in [2.05, 4.69) is 21.2 Å². The van der Waals surface area contributed by atoms with Gasteiger partial charge in [0, 0.05) is 18.3 Å². The topological polar surface area (TPSA) is 41.5 Å². The number of ether oxygens (including phenoxy) is 1. The van der Waals surface area contributed by atoms with Crippen LogP contribution in [0, 0.1) is 0 Å².